The molecule has 0 saturated heterocycles. The number of halogens is 1. The van der Waals surface area contributed by atoms with Gasteiger partial charge in [-0.15, -0.1) is 0 Å². The zero-order chi connectivity index (χ0) is 16.8. The molecule has 0 bridgehead atoms. The lowest BCUT2D eigenvalue weighted by molar-refractivity contribution is -0.127. The average molecular weight is 337 g/mol. The molecule has 1 heterocycles. The minimum Gasteiger partial charge on any atom is -0.481 e. The standard InChI is InChI=1S/C17H21ClN2O3/c1-12(23-14-7-4-6-13(18)10-14)17(21)19-11-15(20(2)3)16-8-5-9-22-16/h4-10,12,15H,11H2,1-3H3,(H,19,21)/t12-,15+/m1/s1. The molecule has 0 aliphatic rings. The van der Waals surface area contributed by atoms with Crippen molar-refractivity contribution in [2.24, 2.45) is 0 Å². The number of benzene rings is 1. The Morgan fingerprint density at radius 3 is 2.74 bits per heavy atom. The van der Waals surface area contributed by atoms with Crippen molar-refractivity contribution >= 4 is 17.5 Å². The van der Waals surface area contributed by atoms with Gasteiger partial charge in [-0.1, -0.05) is 17.7 Å². The smallest absolute Gasteiger partial charge is 0.260 e. The van der Waals surface area contributed by atoms with E-state index in [0.29, 0.717) is 17.3 Å². The van der Waals surface area contributed by atoms with Crippen LogP contribution < -0.4 is 10.1 Å². The molecular weight excluding hydrogens is 316 g/mol. The van der Waals surface area contributed by atoms with Crippen molar-refractivity contribution in [3.05, 3.63) is 53.4 Å². The number of rotatable bonds is 7. The van der Waals surface area contributed by atoms with Crippen LogP contribution in [-0.4, -0.2) is 37.6 Å². The summed E-state index contributed by atoms with van der Waals surface area (Å²) in [6.45, 7) is 2.14. The Kier molecular flexibility index (Phi) is 6.07. The van der Waals surface area contributed by atoms with Crippen LogP contribution in [0.2, 0.25) is 5.02 Å². The van der Waals surface area contributed by atoms with Gasteiger partial charge in [-0.05, 0) is 51.4 Å². The maximum atomic E-state index is 12.2. The average Bonchev–Trinajstić information content (AvgIpc) is 3.01. The molecule has 1 amide bonds. The van der Waals surface area contributed by atoms with Crippen LogP contribution in [0.25, 0.3) is 0 Å². The Balaban J connectivity index is 1.90. The molecule has 1 aromatic carbocycles. The van der Waals surface area contributed by atoms with Crippen molar-refractivity contribution in [2.75, 3.05) is 20.6 Å². The molecule has 2 atom stereocenters. The molecule has 0 spiro atoms. The summed E-state index contributed by atoms with van der Waals surface area (Å²) in [6, 6.07) is 10.7. The largest absolute Gasteiger partial charge is 0.481 e. The van der Waals surface area contributed by atoms with Crippen molar-refractivity contribution in [1.29, 1.82) is 0 Å². The van der Waals surface area contributed by atoms with E-state index in [1.807, 2.05) is 31.1 Å². The number of carbonyl (C=O) groups is 1. The molecule has 0 aliphatic heterocycles. The second kappa shape index (κ2) is 8.04. The van der Waals surface area contributed by atoms with Crippen molar-refractivity contribution in [1.82, 2.24) is 10.2 Å². The highest BCUT2D eigenvalue weighted by molar-refractivity contribution is 6.30. The van der Waals surface area contributed by atoms with Gasteiger partial charge in [-0.3, -0.25) is 9.69 Å². The minimum atomic E-state index is -0.618. The van der Waals surface area contributed by atoms with Crippen molar-refractivity contribution < 1.29 is 13.9 Å². The second-order valence-electron chi connectivity index (χ2n) is 5.46. The van der Waals surface area contributed by atoms with E-state index in [1.165, 1.54) is 0 Å². The quantitative estimate of drug-likeness (QED) is 0.844. The first-order chi connectivity index (χ1) is 11.0. The molecule has 5 nitrogen and oxygen atoms in total. The van der Waals surface area contributed by atoms with Gasteiger partial charge in [0.05, 0.1) is 12.3 Å². The van der Waals surface area contributed by atoms with Crippen LogP contribution in [-0.2, 0) is 4.79 Å². The summed E-state index contributed by atoms with van der Waals surface area (Å²) in [5.74, 6) is 1.18. The molecule has 2 aromatic rings. The topological polar surface area (TPSA) is 54.7 Å². The zero-order valence-electron chi connectivity index (χ0n) is 13.5. The summed E-state index contributed by atoms with van der Waals surface area (Å²) in [7, 11) is 3.87. The molecule has 0 radical (unpaired) electrons. The Labute approximate surface area is 141 Å². The van der Waals surface area contributed by atoms with E-state index in [-0.39, 0.29) is 11.9 Å². The summed E-state index contributed by atoms with van der Waals surface area (Å²) in [5.41, 5.74) is 0. The van der Waals surface area contributed by atoms with Gasteiger partial charge in [0, 0.05) is 11.6 Å². The zero-order valence-corrected chi connectivity index (χ0v) is 14.2. The number of carbonyl (C=O) groups excluding carboxylic acids is 1. The summed E-state index contributed by atoms with van der Waals surface area (Å²) >= 11 is 5.91. The highest BCUT2D eigenvalue weighted by Gasteiger charge is 2.20. The number of likely N-dealkylation sites (N-methyl/N-ethyl adjacent to an activating group) is 1. The summed E-state index contributed by atoms with van der Waals surface area (Å²) in [4.78, 5) is 14.2. The first-order valence-electron chi connectivity index (χ1n) is 7.37. The lowest BCUT2D eigenvalue weighted by atomic mass is 10.2. The van der Waals surface area contributed by atoms with Gasteiger partial charge < -0.3 is 14.5 Å². The van der Waals surface area contributed by atoms with Gasteiger partial charge in [0.1, 0.15) is 11.5 Å². The monoisotopic (exact) mass is 336 g/mol. The maximum Gasteiger partial charge on any atom is 0.260 e. The predicted octanol–water partition coefficient (Wildman–Crippen LogP) is 3.12. The Morgan fingerprint density at radius 2 is 2.13 bits per heavy atom. The summed E-state index contributed by atoms with van der Waals surface area (Å²) < 4.78 is 11.0. The molecule has 1 aromatic heterocycles. The van der Waals surface area contributed by atoms with Gasteiger partial charge in [0.15, 0.2) is 6.10 Å². The SMILES string of the molecule is C[C@@H](Oc1cccc(Cl)c1)C(=O)NC[C@@H](c1ccco1)N(C)C. The summed E-state index contributed by atoms with van der Waals surface area (Å²) in [6.07, 6.45) is 1.01. The normalized spacial score (nSPS) is 13.6. The Morgan fingerprint density at radius 1 is 1.35 bits per heavy atom. The molecule has 0 saturated carbocycles. The third kappa shape index (κ3) is 5.01. The number of nitrogens with zero attached hydrogens (tertiary/aromatic N) is 1. The number of ether oxygens (including phenoxy) is 1. The van der Waals surface area contributed by atoms with Crippen LogP contribution in [0.15, 0.2) is 47.1 Å². The molecule has 1 N–H and O–H groups in total. The van der Waals surface area contributed by atoms with Gasteiger partial charge in [-0.25, -0.2) is 0 Å². The number of hydrogen-bond donors (Lipinski definition) is 1. The van der Waals surface area contributed by atoms with Crippen molar-refractivity contribution in [3.8, 4) is 5.75 Å². The first kappa shape index (κ1) is 17.4. The minimum absolute atomic E-state index is 0.0349. The van der Waals surface area contributed by atoms with E-state index < -0.39 is 6.10 Å². The third-order valence-corrected chi connectivity index (χ3v) is 3.68. The Bertz CT molecular complexity index is 629. The van der Waals surface area contributed by atoms with Gasteiger partial charge in [0.2, 0.25) is 0 Å². The van der Waals surface area contributed by atoms with E-state index in [1.54, 1.807) is 37.5 Å². The predicted molar refractivity (Wildman–Crippen MR) is 89.7 cm³/mol. The highest BCUT2D eigenvalue weighted by Crippen LogP contribution is 2.19. The fraction of sp³-hybridized carbons (Fsp3) is 0.353. The highest BCUT2D eigenvalue weighted by atomic mass is 35.5. The number of amides is 1. The first-order valence-corrected chi connectivity index (χ1v) is 7.75. The fourth-order valence-corrected chi connectivity index (χ4v) is 2.34. The van der Waals surface area contributed by atoms with Crippen LogP contribution in [0.4, 0.5) is 0 Å². The molecule has 23 heavy (non-hydrogen) atoms. The maximum absolute atomic E-state index is 12.2. The molecule has 6 heteroatoms. The molecule has 0 fully saturated rings. The summed E-state index contributed by atoms with van der Waals surface area (Å²) in [5, 5.41) is 3.46. The van der Waals surface area contributed by atoms with Gasteiger partial charge in [0.25, 0.3) is 5.91 Å². The van der Waals surface area contributed by atoms with Gasteiger partial charge in [-0.2, -0.15) is 0 Å². The molecule has 124 valence electrons. The van der Waals surface area contributed by atoms with Crippen LogP contribution in [0.3, 0.4) is 0 Å². The van der Waals surface area contributed by atoms with E-state index in [4.69, 9.17) is 20.8 Å². The lowest BCUT2D eigenvalue weighted by Crippen LogP contribution is -2.40. The Hall–Kier alpha value is -1.98. The number of furan rings is 1. The van der Waals surface area contributed by atoms with E-state index in [2.05, 4.69) is 5.32 Å². The van der Waals surface area contributed by atoms with Crippen LogP contribution in [0.1, 0.15) is 18.7 Å². The van der Waals surface area contributed by atoms with Gasteiger partial charge >= 0.3 is 0 Å². The van der Waals surface area contributed by atoms with Crippen molar-refractivity contribution in [2.45, 2.75) is 19.1 Å². The van der Waals surface area contributed by atoms with E-state index >= 15 is 0 Å². The van der Waals surface area contributed by atoms with Crippen LogP contribution >= 0.6 is 11.6 Å². The molecular formula is C17H21ClN2O3. The van der Waals surface area contributed by atoms with E-state index in [9.17, 15) is 4.79 Å². The lowest BCUT2D eigenvalue weighted by Gasteiger charge is -2.23. The van der Waals surface area contributed by atoms with Crippen LogP contribution in [0.5, 0.6) is 5.75 Å². The van der Waals surface area contributed by atoms with Crippen molar-refractivity contribution in [3.63, 3.8) is 0 Å². The molecule has 0 unspecified atom stereocenters. The third-order valence-electron chi connectivity index (χ3n) is 3.44. The number of hydrogen-bond acceptors (Lipinski definition) is 4. The van der Waals surface area contributed by atoms with Crippen LogP contribution in [0, 0.1) is 0 Å². The van der Waals surface area contributed by atoms with E-state index in [0.717, 1.165) is 5.76 Å². The second-order valence-corrected chi connectivity index (χ2v) is 5.89. The number of nitrogens with one attached hydrogen (secondary N) is 1. The fourth-order valence-electron chi connectivity index (χ4n) is 2.16. The molecule has 0 aliphatic carbocycles. The molecule has 2 rings (SSSR count).